The molecule has 1 amide bonds. The maximum absolute atomic E-state index is 12.3. The van der Waals surface area contributed by atoms with E-state index in [1.807, 2.05) is 18.2 Å². The smallest absolute Gasteiger partial charge is 0.261 e. The highest BCUT2D eigenvalue weighted by Gasteiger charge is 2.18. The minimum Gasteiger partial charge on any atom is -0.385 e. The van der Waals surface area contributed by atoms with Gasteiger partial charge in [-0.15, -0.1) is 0 Å². The molecule has 20 heavy (non-hydrogen) atoms. The molecule has 3 rings (SSSR count). The third-order valence-electron chi connectivity index (χ3n) is 3.56. The summed E-state index contributed by atoms with van der Waals surface area (Å²) < 4.78 is 5.02. The first-order valence-electron chi connectivity index (χ1n) is 6.76. The number of aryl methyl sites for hydroxylation is 3. The third kappa shape index (κ3) is 2.27. The molecule has 1 aromatic heterocycles. The molecule has 1 aliphatic heterocycles. The first-order chi connectivity index (χ1) is 9.65. The lowest BCUT2D eigenvalue weighted by Crippen LogP contribution is -2.15. The lowest BCUT2D eigenvalue weighted by Gasteiger charge is -2.18. The number of amides is 1. The van der Waals surface area contributed by atoms with Crippen molar-refractivity contribution < 1.29 is 9.32 Å². The Morgan fingerprint density at radius 2 is 2.25 bits per heavy atom. The molecule has 2 N–H and O–H groups in total. The average Bonchev–Trinajstić information content (AvgIpc) is 2.78. The Balaban J connectivity index is 1.83. The summed E-state index contributed by atoms with van der Waals surface area (Å²) in [7, 11) is 0. The van der Waals surface area contributed by atoms with Gasteiger partial charge in [0.05, 0.1) is 5.69 Å². The van der Waals surface area contributed by atoms with Crippen molar-refractivity contribution in [2.24, 2.45) is 0 Å². The Morgan fingerprint density at radius 3 is 3.00 bits per heavy atom. The second-order valence-electron chi connectivity index (χ2n) is 5.06. The molecule has 1 aliphatic rings. The first kappa shape index (κ1) is 12.7. The molecule has 2 heterocycles. The summed E-state index contributed by atoms with van der Waals surface area (Å²) in [4.78, 5) is 12.3. The lowest BCUT2D eigenvalue weighted by molar-refractivity contribution is 0.102. The van der Waals surface area contributed by atoms with Gasteiger partial charge in [-0.1, -0.05) is 5.16 Å². The van der Waals surface area contributed by atoms with Crippen LogP contribution in [0.25, 0.3) is 0 Å². The molecule has 0 aliphatic carbocycles. The topological polar surface area (TPSA) is 67.2 Å². The highest BCUT2D eigenvalue weighted by atomic mass is 16.5. The number of aromatic nitrogens is 1. The number of hydrogen-bond donors (Lipinski definition) is 2. The van der Waals surface area contributed by atoms with Gasteiger partial charge in [0.25, 0.3) is 5.91 Å². The van der Waals surface area contributed by atoms with E-state index < -0.39 is 0 Å². The van der Waals surface area contributed by atoms with Gasteiger partial charge in [0.15, 0.2) is 0 Å². The fraction of sp³-hybridized carbons (Fsp3) is 0.333. The Kier molecular flexibility index (Phi) is 3.18. The second kappa shape index (κ2) is 5.00. The summed E-state index contributed by atoms with van der Waals surface area (Å²) in [5, 5.41) is 10.1. The predicted molar refractivity (Wildman–Crippen MR) is 77.2 cm³/mol. The molecule has 0 atom stereocenters. The molecule has 0 spiro atoms. The number of nitrogens with one attached hydrogen (secondary N) is 2. The van der Waals surface area contributed by atoms with Gasteiger partial charge in [-0.2, -0.15) is 0 Å². The maximum Gasteiger partial charge on any atom is 0.261 e. The molecule has 0 saturated carbocycles. The van der Waals surface area contributed by atoms with Crippen molar-refractivity contribution in [2.75, 3.05) is 17.2 Å². The van der Waals surface area contributed by atoms with Crippen molar-refractivity contribution in [1.82, 2.24) is 5.16 Å². The minimum atomic E-state index is -0.176. The van der Waals surface area contributed by atoms with Crippen LogP contribution < -0.4 is 10.6 Å². The van der Waals surface area contributed by atoms with Crippen LogP contribution in [0.1, 0.15) is 33.8 Å². The molecule has 104 valence electrons. The number of carbonyl (C=O) groups is 1. The molecule has 0 fully saturated rings. The van der Waals surface area contributed by atoms with Crippen LogP contribution in [0.2, 0.25) is 0 Å². The molecule has 0 unspecified atom stereocenters. The summed E-state index contributed by atoms with van der Waals surface area (Å²) in [5.74, 6) is 0.365. The van der Waals surface area contributed by atoms with Crippen LogP contribution in [-0.4, -0.2) is 17.6 Å². The number of anilines is 2. The van der Waals surface area contributed by atoms with Gasteiger partial charge >= 0.3 is 0 Å². The molecule has 0 saturated heterocycles. The minimum absolute atomic E-state index is 0.176. The number of carbonyl (C=O) groups excluding carboxylic acids is 1. The summed E-state index contributed by atoms with van der Waals surface area (Å²) >= 11 is 0. The highest BCUT2D eigenvalue weighted by Crippen LogP contribution is 2.25. The fourth-order valence-corrected chi connectivity index (χ4v) is 2.55. The van der Waals surface area contributed by atoms with Crippen molar-refractivity contribution in [1.29, 1.82) is 0 Å². The Labute approximate surface area is 117 Å². The number of fused-ring (bicyclic) bond motifs is 1. The van der Waals surface area contributed by atoms with E-state index in [-0.39, 0.29) is 5.91 Å². The van der Waals surface area contributed by atoms with Gasteiger partial charge < -0.3 is 15.2 Å². The molecule has 5 nitrogen and oxygen atoms in total. The van der Waals surface area contributed by atoms with Gasteiger partial charge in [0, 0.05) is 17.9 Å². The van der Waals surface area contributed by atoms with Gasteiger partial charge in [-0.25, -0.2) is 0 Å². The second-order valence-corrected chi connectivity index (χ2v) is 5.06. The van der Waals surface area contributed by atoms with E-state index in [4.69, 9.17) is 4.52 Å². The number of nitrogens with zero attached hydrogens (tertiary/aromatic N) is 1. The van der Waals surface area contributed by atoms with Crippen molar-refractivity contribution in [3.8, 4) is 0 Å². The van der Waals surface area contributed by atoms with Crippen LogP contribution in [0.4, 0.5) is 11.4 Å². The van der Waals surface area contributed by atoms with Crippen LogP contribution in [0, 0.1) is 13.8 Å². The van der Waals surface area contributed by atoms with Gasteiger partial charge in [-0.3, -0.25) is 4.79 Å². The SMILES string of the molecule is Cc1noc(C)c1C(=O)Nc1ccc2c(c1)CCCN2. The zero-order chi connectivity index (χ0) is 14.1. The molecule has 2 aromatic rings. The normalized spacial score (nSPS) is 13.5. The monoisotopic (exact) mass is 271 g/mol. The zero-order valence-electron chi connectivity index (χ0n) is 11.6. The number of rotatable bonds is 2. The first-order valence-corrected chi connectivity index (χ1v) is 6.76. The van der Waals surface area contributed by atoms with Crippen LogP contribution in [0.3, 0.4) is 0 Å². The van der Waals surface area contributed by atoms with Crippen LogP contribution >= 0.6 is 0 Å². The van der Waals surface area contributed by atoms with E-state index in [9.17, 15) is 4.79 Å². The van der Waals surface area contributed by atoms with Crippen molar-refractivity contribution in [2.45, 2.75) is 26.7 Å². The van der Waals surface area contributed by atoms with E-state index in [1.54, 1.807) is 13.8 Å². The van der Waals surface area contributed by atoms with Crippen molar-refractivity contribution >= 4 is 17.3 Å². The molecule has 5 heteroatoms. The summed E-state index contributed by atoms with van der Waals surface area (Å²) in [6.07, 6.45) is 2.16. The maximum atomic E-state index is 12.3. The largest absolute Gasteiger partial charge is 0.385 e. The van der Waals surface area contributed by atoms with Crippen LogP contribution in [0.15, 0.2) is 22.7 Å². The lowest BCUT2D eigenvalue weighted by atomic mass is 10.0. The van der Waals surface area contributed by atoms with Gasteiger partial charge in [0.2, 0.25) is 0 Å². The average molecular weight is 271 g/mol. The van der Waals surface area contributed by atoms with E-state index in [1.165, 1.54) is 5.56 Å². The third-order valence-corrected chi connectivity index (χ3v) is 3.56. The van der Waals surface area contributed by atoms with Crippen LogP contribution in [0.5, 0.6) is 0 Å². The number of hydrogen-bond acceptors (Lipinski definition) is 4. The summed E-state index contributed by atoms with van der Waals surface area (Å²) in [6.45, 7) is 4.52. The summed E-state index contributed by atoms with van der Waals surface area (Å²) in [6, 6.07) is 5.95. The molecule has 0 radical (unpaired) electrons. The molecule has 0 bridgehead atoms. The fourth-order valence-electron chi connectivity index (χ4n) is 2.55. The van der Waals surface area contributed by atoms with Crippen molar-refractivity contribution in [3.05, 3.63) is 40.8 Å². The quantitative estimate of drug-likeness (QED) is 0.881. The zero-order valence-corrected chi connectivity index (χ0v) is 11.6. The van der Waals surface area contributed by atoms with Gasteiger partial charge in [0.1, 0.15) is 11.3 Å². The Morgan fingerprint density at radius 1 is 1.40 bits per heavy atom. The van der Waals surface area contributed by atoms with E-state index in [0.717, 1.165) is 30.8 Å². The highest BCUT2D eigenvalue weighted by molar-refractivity contribution is 6.05. The van der Waals surface area contributed by atoms with E-state index in [2.05, 4.69) is 15.8 Å². The Bertz CT molecular complexity index is 642. The predicted octanol–water partition coefficient (Wildman–Crippen LogP) is 2.90. The number of benzene rings is 1. The van der Waals surface area contributed by atoms with E-state index >= 15 is 0 Å². The van der Waals surface area contributed by atoms with Gasteiger partial charge in [-0.05, 0) is 50.5 Å². The molecular formula is C15H17N3O2. The van der Waals surface area contributed by atoms with Crippen LogP contribution in [-0.2, 0) is 6.42 Å². The van der Waals surface area contributed by atoms with Crippen molar-refractivity contribution in [3.63, 3.8) is 0 Å². The Hall–Kier alpha value is -2.30. The standard InChI is InChI=1S/C15H17N3O2/c1-9-14(10(2)20-18-9)15(19)17-12-5-6-13-11(8-12)4-3-7-16-13/h5-6,8,16H,3-4,7H2,1-2H3,(H,17,19). The molecule has 1 aromatic carbocycles. The molecular weight excluding hydrogens is 254 g/mol. The summed E-state index contributed by atoms with van der Waals surface area (Å²) in [5.41, 5.74) is 4.33. The van der Waals surface area contributed by atoms with E-state index in [0.29, 0.717) is 17.0 Å².